The van der Waals surface area contributed by atoms with Gasteiger partial charge in [0, 0.05) is 0 Å². The van der Waals surface area contributed by atoms with E-state index in [9.17, 15) is 9.59 Å². The van der Waals surface area contributed by atoms with E-state index < -0.39 is 11.1 Å². The Bertz CT molecular complexity index is 969. The lowest BCUT2D eigenvalue weighted by Crippen LogP contribution is -2.30. The van der Waals surface area contributed by atoms with Gasteiger partial charge in [-0.15, -0.1) is 0 Å². The van der Waals surface area contributed by atoms with Crippen molar-refractivity contribution in [2.45, 2.75) is 13.8 Å². The summed E-state index contributed by atoms with van der Waals surface area (Å²) < 4.78 is 11.7. The van der Waals surface area contributed by atoms with Crippen LogP contribution in [-0.4, -0.2) is 33.0 Å². The largest absolute Gasteiger partial charge is 0.478 e. The third kappa shape index (κ3) is 2.85. The lowest BCUT2D eigenvalue weighted by atomic mass is 10.2. The predicted molar refractivity (Wildman–Crippen MR) is 88.1 cm³/mol. The first-order valence-corrected chi connectivity index (χ1v) is 7.53. The van der Waals surface area contributed by atoms with Crippen molar-refractivity contribution in [3.63, 3.8) is 0 Å². The van der Waals surface area contributed by atoms with Crippen molar-refractivity contribution in [2.24, 2.45) is 0 Å². The summed E-state index contributed by atoms with van der Waals surface area (Å²) in [5, 5.41) is 3.08. The fourth-order valence-corrected chi connectivity index (χ4v) is 2.28. The van der Waals surface area contributed by atoms with Gasteiger partial charge in [0.25, 0.3) is 17.1 Å². The van der Waals surface area contributed by atoms with E-state index >= 15 is 0 Å². The zero-order valence-corrected chi connectivity index (χ0v) is 13.3. The standard InChI is InChI=1S/C16H16N4O4/c1-3-23-12-9-13(24-4-2)18-16(17-12)20-15(22)11-8-6-5-7-10(11)14(21)19-20/h5-9H,3-4H2,1-2H3,(H,19,21). The van der Waals surface area contributed by atoms with Crippen LogP contribution >= 0.6 is 0 Å². The number of benzene rings is 1. The Morgan fingerprint density at radius 3 is 2.17 bits per heavy atom. The minimum Gasteiger partial charge on any atom is -0.478 e. The molecule has 0 saturated heterocycles. The summed E-state index contributed by atoms with van der Waals surface area (Å²) >= 11 is 0. The number of nitrogens with one attached hydrogen (secondary N) is 1. The van der Waals surface area contributed by atoms with Crippen LogP contribution in [0.5, 0.6) is 11.8 Å². The van der Waals surface area contributed by atoms with Gasteiger partial charge in [-0.05, 0) is 26.0 Å². The van der Waals surface area contributed by atoms with Crippen LogP contribution in [0, 0.1) is 0 Å². The number of hydrogen-bond acceptors (Lipinski definition) is 6. The Balaban J connectivity index is 2.25. The number of H-pyrrole nitrogens is 1. The summed E-state index contributed by atoms with van der Waals surface area (Å²) in [6, 6.07) is 8.08. The zero-order chi connectivity index (χ0) is 17.1. The molecule has 0 aliphatic heterocycles. The second-order valence-corrected chi connectivity index (χ2v) is 4.84. The van der Waals surface area contributed by atoms with Crippen LogP contribution < -0.4 is 20.6 Å². The molecule has 0 aliphatic carbocycles. The Hall–Kier alpha value is -3.16. The smallest absolute Gasteiger partial charge is 0.280 e. The van der Waals surface area contributed by atoms with Crippen LogP contribution in [0.25, 0.3) is 16.7 Å². The maximum atomic E-state index is 12.7. The first kappa shape index (κ1) is 15.7. The van der Waals surface area contributed by atoms with Gasteiger partial charge in [-0.2, -0.15) is 14.6 Å². The Morgan fingerprint density at radius 2 is 1.58 bits per heavy atom. The highest BCUT2D eigenvalue weighted by Gasteiger charge is 2.13. The molecule has 8 nitrogen and oxygen atoms in total. The van der Waals surface area contributed by atoms with E-state index in [0.29, 0.717) is 18.6 Å². The number of fused-ring (bicyclic) bond motifs is 1. The normalized spacial score (nSPS) is 10.8. The third-order valence-corrected chi connectivity index (χ3v) is 3.27. The van der Waals surface area contributed by atoms with Crippen LogP contribution in [0.3, 0.4) is 0 Å². The van der Waals surface area contributed by atoms with E-state index in [0.717, 1.165) is 4.68 Å². The fourth-order valence-electron chi connectivity index (χ4n) is 2.28. The molecule has 0 spiro atoms. The minimum absolute atomic E-state index is 0.0164. The molecule has 0 unspecified atom stereocenters. The molecule has 0 amide bonds. The molecule has 0 fully saturated rings. The summed E-state index contributed by atoms with van der Waals surface area (Å²) in [5.41, 5.74) is -0.838. The Labute approximate surface area is 136 Å². The number of ether oxygens (including phenoxy) is 2. The van der Waals surface area contributed by atoms with E-state index in [1.54, 1.807) is 24.3 Å². The molecule has 0 bridgehead atoms. The molecule has 1 aromatic carbocycles. The fraction of sp³-hybridized carbons (Fsp3) is 0.250. The predicted octanol–water partition coefficient (Wildman–Crippen LogP) is 1.27. The average molecular weight is 328 g/mol. The van der Waals surface area contributed by atoms with Crippen LogP contribution in [0.15, 0.2) is 39.9 Å². The Kier molecular flexibility index (Phi) is 4.28. The van der Waals surface area contributed by atoms with Crippen molar-refractivity contribution in [1.29, 1.82) is 0 Å². The molecular formula is C16H16N4O4. The van der Waals surface area contributed by atoms with E-state index in [1.807, 2.05) is 13.8 Å². The van der Waals surface area contributed by atoms with Gasteiger partial charge >= 0.3 is 0 Å². The third-order valence-electron chi connectivity index (χ3n) is 3.27. The molecular weight excluding hydrogens is 312 g/mol. The van der Waals surface area contributed by atoms with Gasteiger partial charge in [0.2, 0.25) is 11.8 Å². The van der Waals surface area contributed by atoms with Gasteiger partial charge in [0.15, 0.2) is 0 Å². The molecule has 3 rings (SSSR count). The van der Waals surface area contributed by atoms with Gasteiger partial charge in [-0.25, -0.2) is 0 Å². The highest BCUT2D eigenvalue weighted by Crippen LogP contribution is 2.17. The lowest BCUT2D eigenvalue weighted by Gasteiger charge is -2.10. The number of aromatic amines is 1. The summed E-state index contributed by atoms with van der Waals surface area (Å²) in [6.45, 7) is 4.41. The summed E-state index contributed by atoms with van der Waals surface area (Å²) in [7, 11) is 0. The molecule has 0 radical (unpaired) electrons. The van der Waals surface area contributed by atoms with Crippen molar-refractivity contribution >= 4 is 10.8 Å². The average Bonchev–Trinajstić information content (AvgIpc) is 2.58. The molecule has 1 N–H and O–H groups in total. The molecule has 0 atom stereocenters. The van der Waals surface area contributed by atoms with E-state index in [4.69, 9.17) is 9.47 Å². The first-order chi connectivity index (χ1) is 11.6. The van der Waals surface area contributed by atoms with Crippen LogP contribution in [0.4, 0.5) is 0 Å². The molecule has 8 heteroatoms. The quantitative estimate of drug-likeness (QED) is 0.757. The van der Waals surface area contributed by atoms with E-state index in [2.05, 4.69) is 15.1 Å². The van der Waals surface area contributed by atoms with Crippen molar-refractivity contribution < 1.29 is 9.47 Å². The highest BCUT2D eigenvalue weighted by atomic mass is 16.5. The first-order valence-electron chi connectivity index (χ1n) is 7.53. The van der Waals surface area contributed by atoms with E-state index in [-0.39, 0.29) is 23.1 Å². The SMILES string of the molecule is CCOc1cc(OCC)nc(-n2[nH]c(=O)c3ccccc3c2=O)n1. The van der Waals surface area contributed by atoms with Crippen molar-refractivity contribution in [3.05, 3.63) is 51.0 Å². The summed E-state index contributed by atoms with van der Waals surface area (Å²) in [4.78, 5) is 33.2. The molecule has 3 aromatic rings. The summed E-state index contributed by atoms with van der Waals surface area (Å²) in [6.07, 6.45) is 0. The minimum atomic E-state index is -0.429. The molecule has 2 heterocycles. The van der Waals surface area contributed by atoms with Crippen molar-refractivity contribution in [3.8, 4) is 17.7 Å². The number of nitrogens with zero attached hydrogens (tertiary/aromatic N) is 3. The maximum absolute atomic E-state index is 12.7. The maximum Gasteiger partial charge on any atom is 0.280 e. The van der Waals surface area contributed by atoms with Crippen LogP contribution in [0.2, 0.25) is 0 Å². The topological polar surface area (TPSA) is 99.1 Å². The lowest BCUT2D eigenvalue weighted by molar-refractivity contribution is 0.304. The van der Waals surface area contributed by atoms with E-state index in [1.165, 1.54) is 6.07 Å². The van der Waals surface area contributed by atoms with Crippen LogP contribution in [0.1, 0.15) is 13.8 Å². The number of aromatic nitrogens is 4. The van der Waals surface area contributed by atoms with Crippen molar-refractivity contribution in [1.82, 2.24) is 19.7 Å². The number of hydrogen-bond donors (Lipinski definition) is 1. The second-order valence-electron chi connectivity index (χ2n) is 4.84. The Morgan fingerprint density at radius 1 is 1.00 bits per heavy atom. The molecule has 2 aromatic heterocycles. The number of rotatable bonds is 5. The zero-order valence-electron chi connectivity index (χ0n) is 13.3. The molecule has 0 aliphatic rings. The second kappa shape index (κ2) is 6.53. The van der Waals surface area contributed by atoms with Gasteiger partial charge in [0.1, 0.15) is 0 Å². The van der Waals surface area contributed by atoms with Gasteiger partial charge in [-0.1, -0.05) is 12.1 Å². The van der Waals surface area contributed by atoms with Gasteiger partial charge in [-0.3, -0.25) is 14.7 Å². The monoisotopic (exact) mass is 328 g/mol. The van der Waals surface area contributed by atoms with Gasteiger partial charge < -0.3 is 9.47 Å². The summed E-state index contributed by atoms with van der Waals surface area (Å²) in [5.74, 6) is 0.496. The van der Waals surface area contributed by atoms with Crippen LogP contribution in [-0.2, 0) is 0 Å². The molecule has 124 valence electrons. The molecule has 0 saturated carbocycles. The highest BCUT2D eigenvalue weighted by molar-refractivity contribution is 5.80. The van der Waals surface area contributed by atoms with Gasteiger partial charge in [0.05, 0.1) is 30.1 Å². The molecule has 24 heavy (non-hydrogen) atoms. The van der Waals surface area contributed by atoms with Crippen molar-refractivity contribution in [2.75, 3.05) is 13.2 Å².